The van der Waals surface area contributed by atoms with Crippen molar-refractivity contribution in [2.24, 2.45) is 10.4 Å². The lowest BCUT2D eigenvalue weighted by Gasteiger charge is -2.04. The molecule has 0 atom stereocenters. The predicted molar refractivity (Wildman–Crippen MR) is 56.7 cm³/mol. The third kappa shape index (κ3) is 1.67. The highest BCUT2D eigenvalue weighted by molar-refractivity contribution is 5.63. The van der Waals surface area contributed by atoms with Crippen molar-refractivity contribution >= 4 is 11.4 Å². The molecule has 0 amide bonds. The number of hydrogen-bond acceptors (Lipinski definition) is 4. The fourth-order valence-electron chi connectivity index (χ4n) is 1.36. The Hall–Kier alpha value is -2.30. The molecule has 0 aliphatic heterocycles. The zero-order chi connectivity index (χ0) is 10.7. The van der Waals surface area contributed by atoms with Gasteiger partial charge in [-0.15, -0.1) is 9.81 Å². The lowest BCUT2D eigenvalue weighted by Crippen LogP contribution is -1.89. The summed E-state index contributed by atoms with van der Waals surface area (Å²) < 4.78 is 1.74. The molecule has 1 aromatic heterocycles. The molecule has 0 saturated carbocycles. The van der Waals surface area contributed by atoms with Gasteiger partial charge in [0.15, 0.2) is 0 Å². The van der Waals surface area contributed by atoms with Crippen LogP contribution in [0.1, 0.15) is 0 Å². The van der Waals surface area contributed by atoms with Crippen LogP contribution in [0.15, 0.2) is 53.1 Å². The van der Waals surface area contributed by atoms with Gasteiger partial charge in [0.05, 0.1) is 5.69 Å². The van der Waals surface area contributed by atoms with E-state index in [1.54, 1.807) is 23.0 Å². The first-order valence-corrected chi connectivity index (χ1v) is 4.29. The van der Waals surface area contributed by atoms with Gasteiger partial charge in [-0.2, -0.15) is 0 Å². The van der Waals surface area contributed by atoms with Crippen LogP contribution in [0, 0.1) is 9.81 Å². The van der Waals surface area contributed by atoms with Gasteiger partial charge in [0.2, 0.25) is 0 Å². The van der Waals surface area contributed by atoms with E-state index in [1.165, 1.54) is 12.1 Å². The van der Waals surface area contributed by atoms with Crippen molar-refractivity contribution in [2.75, 3.05) is 0 Å². The summed E-state index contributed by atoms with van der Waals surface area (Å²) in [7, 11) is 0. The van der Waals surface area contributed by atoms with E-state index < -0.39 is 0 Å². The van der Waals surface area contributed by atoms with Crippen molar-refractivity contribution < 1.29 is 0 Å². The van der Waals surface area contributed by atoms with E-state index >= 15 is 0 Å². The Morgan fingerprint density at radius 2 is 1.73 bits per heavy atom. The first-order valence-electron chi connectivity index (χ1n) is 4.29. The van der Waals surface area contributed by atoms with Gasteiger partial charge >= 0.3 is 0 Å². The zero-order valence-corrected chi connectivity index (χ0v) is 7.70. The smallest absolute Gasteiger partial charge is 0.134 e. The van der Waals surface area contributed by atoms with Crippen LogP contribution < -0.4 is 0 Å². The van der Waals surface area contributed by atoms with Gasteiger partial charge in [0.25, 0.3) is 0 Å². The third-order valence-corrected chi connectivity index (χ3v) is 2.05. The largest absolute Gasteiger partial charge is 0.322 e. The molecule has 0 fully saturated rings. The van der Waals surface area contributed by atoms with Crippen molar-refractivity contribution in [3.05, 3.63) is 52.5 Å². The Kier molecular flexibility index (Phi) is 2.37. The first-order chi connectivity index (χ1) is 7.35. The zero-order valence-electron chi connectivity index (χ0n) is 7.70. The van der Waals surface area contributed by atoms with E-state index in [0.29, 0.717) is 5.69 Å². The second-order valence-electron chi connectivity index (χ2n) is 2.95. The van der Waals surface area contributed by atoms with Crippen LogP contribution in [0.3, 0.4) is 0 Å². The van der Waals surface area contributed by atoms with Crippen LogP contribution in [0.5, 0.6) is 0 Å². The Labute approximate surface area is 85.3 Å². The van der Waals surface area contributed by atoms with Crippen LogP contribution >= 0.6 is 0 Å². The van der Waals surface area contributed by atoms with Gasteiger partial charge in [-0.3, -0.25) is 0 Å². The Morgan fingerprint density at radius 1 is 1.00 bits per heavy atom. The molecule has 0 radical (unpaired) electrons. The van der Waals surface area contributed by atoms with Crippen LogP contribution in [0.2, 0.25) is 0 Å². The highest BCUT2D eigenvalue weighted by Crippen LogP contribution is 2.28. The minimum atomic E-state index is 0.195. The van der Waals surface area contributed by atoms with Gasteiger partial charge in [-0.25, -0.2) is 0 Å². The normalized spacial score (nSPS) is 9.87. The molecule has 2 aromatic rings. The summed E-state index contributed by atoms with van der Waals surface area (Å²) in [5.74, 6) is 0. The minimum absolute atomic E-state index is 0.195. The van der Waals surface area contributed by atoms with E-state index in [4.69, 9.17) is 0 Å². The molecule has 0 spiro atoms. The van der Waals surface area contributed by atoms with Gasteiger partial charge in [0, 0.05) is 12.4 Å². The average molecular weight is 201 g/mol. The van der Waals surface area contributed by atoms with Crippen molar-refractivity contribution in [1.82, 2.24) is 4.57 Å². The van der Waals surface area contributed by atoms with Crippen molar-refractivity contribution in [2.45, 2.75) is 0 Å². The van der Waals surface area contributed by atoms with E-state index in [1.807, 2.05) is 12.1 Å². The molecular weight excluding hydrogens is 194 g/mol. The van der Waals surface area contributed by atoms with Crippen LogP contribution in [-0.2, 0) is 0 Å². The number of rotatable bonds is 3. The molecule has 0 saturated heterocycles. The number of aromatic nitrogens is 1. The molecule has 0 bridgehead atoms. The van der Waals surface area contributed by atoms with E-state index in [2.05, 4.69) is 10.4 Å². The molecule has 0 N–H and O–H groups in total. The monoisotopic (exact) mass is 201 g/mol. The standard InChI is InChI=1S/C10H7N3O2/c14-11-8-3-4-10(9(7-8)12-15)13-5-1-2-6-13/h1-7H. The van der Waals surface area contributed by atoms with E-state index in [0.717, 1.165) is 0 Å². The van der Waals surface area contributed by atoms with E-state index in [9.17, 15) is 9.81 Å². The van der Waals surface area contributed by atoms with Crippen LogP contribution in [-0.4, -0.2) is 4.57 Å². The summed E-state index contributed by atoms with van der Waals surface area (Å²) in [4.78, 5) is 20.9. The third-order valence-electron chi connectivity index (χ3n) is 2.05. The lowest BCUT2D eigenvalue weighted by atomic mass is 10.2. The molecule has 2 rings (SSSR count). The molecular formula is C10H7N3O2. The maximum absolute atomic E-state index is 10.6. The summed E-state index contributed by atoms with van der Waals surface area (Å²) in [5, 5.41) is 5.61. The highest BCUT2D eigenvalue weighted by atomic mass is 16.3. The number of hydrogen-bond donors (Lipinski definition) is 0. The fourth-order valence-corrected chi connectivity index (χ4v) is 1.36. The molecule has 5 heteroatoms. The molecule has 1 aromatic carbocycles. The van der Waals surface area contributed by atoms with Gasteiger partial charge in [-0.05, 0) is 40.7 Å². The molecule has 0 unspecified atom stereocenters. The molecule has 15 heavy (non-hydrogen) atoms. The second-order valence-corrected chi connectivity index (χ2v) is 2.95. The summed E-state index contributed by atoms with van der Waals surface area (Å²) >= 11 is 0. The molecule has 1 heterocycles. The summed E-state index contributed by atoms with van der Waals surface area (Å²) in [5.41, 5.74) is 1.02. The number of benzene rings is 1. The predicted octanol–water partition coefficient (Wildman–Crippen LogP) is 3.27. The minimum Gasteiger partial charge on any atom is -0.322 e. The SMILES string of the molecule is O=Nc1ccc(-n2cccc2)c(N=O)c1. The summed E-state index contributed by atoms with van der Waals surface area (Å²) in [6.07, 6.45) is 3.58. The fraction of sp³-hybridized carbons (Fsp3) is 0. The average Bonchev–Trinajstić information content (AvgIpc) is 2.81. The quantitative estimate of drug-likeness (QED) is 0.715. The number of nitrogens with zero attached hydrogens (tertiary/aromatic N) is 3. The van der Waals surface area contributed by atoms with Crippen LogP contribution in [0.4, 0.5) is 11.4 Å². The Morgan fingerprint density at radius 3 is 2.33 bits per heavy atom. The topological polar surface area (TPSA) is 63.8 Å². The molecule has 5 nitrogen and oxygen atoms in total. The van der Waals surface area contributed by atoms with Gasteiger partial charge < -0.3 is 4.57 Å². The number of nitroso groups, excluding NO2 is 2. The maximum atomic E-state index is 10.6. The Bertz CT molecular complexity index is 491. The lowest BCUT2D eigenvalue weighted by molar-refractivity contribution is 1.08. The highest BCUT2D eigenvalue weighted by Gasteiger charge is 2.05. The van der Waals surface area contributed by atoms with Crippen molar-refractivity contribution in [3.8, 4) is 5.69 Å². The second kappa shape index (κ2) is 3.83. The molecule has 0 aliphatic rings. The van der Waals surface area contributed by atoms with Crippen molar-refractivity contribution in [3.63, 3.8) is 0 Å². The first kappa shape index (κ1) is 9.26. The Balaban J connectivity index is 2.57. The van der Waals surface area contributed by atoms with Crippen LogP contribution in [0.25, 0.3) is 5.69 Å². The van der Waals surface area contributed by atoms with E-state index in [-0.39, 0.29) is 11.4 Å². The van der Waals surface area contributed by atoms with Gasteiger partial charge in [0.1, 0.15) is 11.4 Å². The van der Waals surface area contributed by atoms with Gasteiger partial charge in [-0.1, -0.05) is 0 Å². The molecule has 0 aliphatic carbocycles. The summed E-state index contributed by atoms with van der Waals surface area (Å²) in [6, 6.07) is 8.20. The maximum Gasteiger partial charge on any atom is 0.134 e. The summed E-state index contributed by atoms with van der Waals surface area (Å²) in [6.45, 7) is 0. The molecule has 74 valence electrons. The van der Waals surface area contributed by atoms with Crippen molar-refractivity contribution in [1.29, 1.82) is 0 Å².